The Bertz CT molecular complexity index is 1360. The van der Waals surface area contributed by atoms with Crippen LogP contribution in [-0.4, -0.2) is 55.2 Å². The minimum absolute atomic E-state index is 0.0190. The predicted molar refractivity (Wildman–Crippen MR) is 149 cm³/mol. The number of methoxy groups -OCH3 is 2. The van der Waals surface area contributed by atoms with Crippen LogP contribution in [-0.2, 0) is 14.3 Å². The third kappa shape index (κ3) is 7.42. The van der Waals surface area contributed by atoms with Gasteiger partial charge in [-0.05, 0) is 36.2 Å². The number of hydrogen-bond acceptors (Lipinski definition) is 6. The first-order valence-corrected chi connectivity index (χ1v) is 12.6. The van der Waals surface area contributed by atoms with Gasteiger partial charge in [0.25, 0.3) is 5.91 Å². The van der Waals surface area contributed by atoms with Gasteiger partial charge in [-0.3, -0.25) is 14.8 Å². The normalized spacial score (nSPS) is 12.2. The van der Waals surface area contributed by atoms with Crippen molar-refractivity contribution >= 4 is 28.9 Å². The highest BCUT2D eigenvalue weighted by Gasteiger charge is 2.25. The number of hydroxylamine groups is 2. The van der Waals surface area contributed by atoms with Crippen LogP contribution in [0.15, 0.2) is 95.4 Å². The molecule has 0 bridgehead atoms. The van der Waals surface area contributed by atoms with Crippen molar-refractivity contribution in [3.63, 3.8) is 0 Å². The average Bonchev–Trinajstić information content (AvgIpc) is 3.41. The SMILES string of the molecule is COC(OC)[C@H](CCC(=O)N(O)CC=Cc1ccccc1)NC(=O)c1ccc(-c2cc3ccccc3o2)cc1. The molecule has 0 unspecified atom stereocenters. The zero-order valence-electron chi connectivity index (χ0n) is 21.9. The van der Waals surface area contributed by atoms with Gasteiger partial charge in [-0.1, -0.05) is 72.8 Å². The van der Waals surface area contributed by atoms with E-state index in [9.17, 15) is 14.8 Å². The Balaban J connectivity index is 1.35. The Morgan fingerprint density at radius 3 is 2.36 bits per heavy atom. The van der Waals surface area contributed by atoms with Crippen LogP contribution in [0.3, 0.4) is 0 Å². The molecule has 8 heteroatoms. The average molecular weight is 529 g/mol. The van der Waals surface area contributed by atoms with Crippen LogP contribution in [0.1, 0.15) is 28.8 Å². The van der Waals surface area contributed by atoms with Gasteiger partial charge in [-0.15, -0.1) is 0 Å². The van der Waals surface area contributed by atoms with E-state index in [1.165, 1.54) is 14.2 Å². The van der Waals surface area contributed by atoms with Gasteiger partial charge in [0.1, 0.15) is 11.3 Å². The quantitative estimate of drug-likeness (QED) is 0.142. The molecule has 8 nitrogen and oxygen atoms in total. The monoisotopic (exact) mass is 528 g/mol. The van der Waals surface area contributed by atoms with Crippen LogP contribution in [0.2, 0.25) is 0 Å². The molecular weight excluding hydrogens is 496 g/mol. The van der Waals surface area contributed by atoms with E-state index in [0.717, 1.165) is 22.1 Å². The third-order valence-corrected chi connectivity index (χ3v) is 6.31. The maximum Gasteiger partial charge on any atom is 0.251 e. The van der Waals surface area contributed by atoms with Gasteiger partial charge in [0.2, 0.25) is 5.91 Å². The number of carbonyl (C=O) groups is 2. The lowest BCUT2D eigenvalue weighted by atomic mass is 10.1. The highest BCUT2D eigenvalue weighted by atomic mass is 16.7. The van der Waals surface area contributed by atoms with Crippen molar-refractivity contribution in [1.29, 1.82) is 0 Å². The van der Waals surface area contributed by atoms with E-state index in [-0.39, 0.29) is 25.3 Å². The van der Waals surface area contributed by atoms with Gasteiger partial charge in [0.05, 0.1) is 12.6 Å². The van der Waals surface area contributed by atoms with Crippen molar-refractivity contribution < 1.29 is 28.7 Å². The zero-order valence-corrected chi connectivity index (χ0v) is 21.9. The molecular formula is C31H32N2O6. The Kier molecular flexibility index (Phi) is 9.64. The highest BCUT2D eigenvalue weighted by molar-refractivity contribution is 5.95. The molecule has 3 aromatic carbocycles. The minimum atomic E-state index is -0.776. The second kappa shape index (κ2) is 13.5. The summed E-state index contributed by atoms with van der Waals surface area (Å²) < 4.78 is 16.6. The fourth-order valence-corrected chi connectivity index (χ4v) is 4.23. The lowest BCUT2D eigenvalue weighted by Crippen LogP contribution is -2.45. The maximum absolute atomic E-state index is 13.0. The molecule has 1 heterocycles. The van der Waals surface area contributed by atoms with Crippen molar-refractivity contribution in [3.05, 3.63) is 102 Å². The molecule has 0 fully saturated rings. The molecule has 0 saturated carbocycles. The Morgan fingerprint density at radius 2 is 1.67 bits per heavy atom. The van der Waals surface area contributed by atoms with Crippen molar-refractivity contribution in [2.75, 3.05) is 20.8 Å². The molecule has 0 aliphatic carbocycles. The number of nitrogens with zero attached hydrogens (tertiary/aromatic N) is 1. The van der Waals surface area contributed by atoms with E-state index in [2.05, 4.69) is 5.32 Å². The van der Waals surface area contributed by atoms with Gasteiger partial charge >= 0.3 is 0 Å². The van der Waals surface area contributed by atoms with Crippen molar-refractivity contribution in [2.45, 2.75) is 25.2 Å². The van der Waals surface area contributed by atoms with E-state index < -0.39 is 18.2 Å². The summed E-state index contributed by atoms with van der Waals surface area (Å²) in [5.41, 5.74) is 3.05. The molecule has 2 amide bonds. The molecule has 0 saturated heterocycles. The molecule has 202 valence electrons. The van der Waals surface area contributed by atoms with Gasteiger partial charge in [0, 0.05) is 37.2 Å². The van der Waals surface area contributed by atoms with E-state index in [4.69, 9.17) is 13.9 Å². The molecule has 1 atom stereocenters. The second-order valence-electron chi connectivity index (χ2n) is 8.97. The summed E-state index contributed by atoms with van der Waals surface area (Å²) in [5.74, 6) is -0.104. The molecule has 0 spiro atoms. The highest BCUT2D eigenvalue weighted by Crippen LogP contribution is 2.27. The fourth-order valence-electron chi connectivity index (χ4n) is 4.23. The van der Waals surface area contributed by atoms with Crippen molar-refractivity contribution in [3.8, 4) is 11.3 Å². The van der Waals surface area contributed by atoms with Crippen molar-refractivity contribution in [2.24, 2.45) is 0 Å². The van der Waals surface area contributed by atoms with Crippen molar-refractivity contribution in [1.82, 2.24) is 10.4 Å². The van der Waals surface area contributed by atoms with E-state index in [0.29, 0.717) is 16.4 Å². The number of benzene rings is 3. The molecule has 0 aliphatic heterocycles. The summed E-state index contributed by atoms with van der Waals surface area (Å²) in [4.78, 5) is 25.6. The number of fused-ring (bicyclic) bond motifs is 1. The number of nitrogens with one attached hydrogen (secondary N) is 1. The topological polar surface area (TPSA) is 101 Å². The fraction of sp³-hybridized carbons (Fsp3) is 0.226. The smallest absolute Gasteiger partial charge is 0.251 e. The molecule has 4 rings (SSSR count). The van der Waals surface area contributed by atoms with Gasteiger partial charge in [0.15, 0.2) is 6.29 Å². The molecule has 0 radical (unpaired) electrons. The Morgan fingerprint density at radius 1 is 0.974 bits per heavy atom. The molecule has 4 aromatic rings. The summed E-state index contributed by atoms with van der Waals surface area (Å²) in [7, 11) is 2.92. The minimum Gasteiger partial charge on any atom is -0.456 e. The van der Waals surface area contributed by atoms with Crippen LogP contribution in [0.4, 0.5) is 0 Å². The molecule has 2 N–H and O–H groups in total. The van der Waals surface area contributed by atoms with Crippen LogP contribution in [0.25, 0.3) is 28.4 Å². The standard InChI is InChI=1S/C31H32N2O6/c1-37-31(38-2)26(18-19-29(34)33(36)20-8-11-22-9-4-3-5-10-22)32-30(35)24-16-14-23(15-17-24)28-21-25-12-6-7-13-27(25)39-28/h3-17,21,26,31,36H,18-20H2,1-2H3,(H,32,35)/t26-/m0/s1. The third-order valence-electron chi connectivity index (χ3n) is 6.31. The Hall–Kier alpha value is -4.24. The summed E-state index contributed by atoms with van der Waals surface area (Å²) in [6.07, 6.45) is 2.93. The van der Waals surface area contributed by atoms with E-state index >= 15 is 0 Å². The number of ether oxygens (including phenoxy) is 2. The van der Waals surface area contributed by atoms with Crippen LogP contribution < -0.4 is 5.32 Å². The lowest BCUT2D eigenvalue weighted by Gasteiger charge is -2.26. The van der Waals surface area contributed by atoms with E-state index in [1.807, 2.05) is 78.9 Å². The number of amides is 2. The maximum atomic E-state index is 13.0. The van der Waals surface area contributed by atoms with Crippen LogP contribution >= 0.6 is 0 Å². The Labute approximate surface area is 227 Å². The first kappa shape index (κ1) is 27.8. The number of para-hydroxylation sites is 1. The van der Waals surface area contributed by atoms with Crippen LogP contribution in [0.5, 0.6) is 0 Å². The summed E-state index contributed by atoms with van der Waals surface area (Å²) >= 11 is 0. The van der Waals surface area contributed by atoms with Gasteiger partial charge in [-0.25, -0.2) is 5.06 Å². The summed E-state index contributed by atoms with van der Waals surface area (Å²) in [5, 5.41) is 14.7. The number of rotatable bonds is 12. The summed E-state index contributed by atoms with van der Waals surface area (Å²) in [6.45, 7) is 0.0420. The predicted octanol–water partition coefficient (Wildman–Crippen LogP) is 5.53. The van der Waals surface area contributed by atoms with Crippen LogP contribution in [0, 0.1) is 0 Å². The van der Waals surface area contributed by atoms with E-state index in [1.54, 1.807) is 18.2 Å². The van der Waals surface area contributed by atoms with Gasteiger partial charge in [-0.2, -0.15) is 0 Å². The molecule has 39 heavy (non-hydrogen) atoms. The zero-order chi connectivity index (χ0) is 27.6. The second-order valence-corrected chi connectivity index (χ2v) is 8.97. The molecule has 0 aliphatic rings. The lowest BCUT2D eigenvalue weighted by molar-refractivity contribution is -0.164. The summed E-state index contributed by atoms with van der Waals surface area (Å²) in [6, 6.07) is 25.7. The largest absolute Gasteiger partial charge is 0.456 e. The number of carbonyl (C=O) groups excluding carboxylic acids is 2. The number of hydrogen-bond donors (Lipinski definition) is 2. The first-order chi connectivity index (χ1) is 19.0. The molecule has 1 aromatic heterocycles. The number of furan rings is 1. The first-order valence-electron chi connectivity index (χ1n) is 12.6. The van der Waals surface area contributed by atoms with Gasteiger partial charge < -0.3 is 19.2 Å².